The van der Waals surface area contributed by atoms with E-state index in [9.17, 15) is 8.42 Å². The number of aromatic nitrogens is 2. The predicted molar refractivity (Wildman–Crippen MR) is 66.4 cm³/mol. The number of aliphatic hydroxyl groups excluding tert-OH is 1. The molecule has 18 heavy (non-hydrogen) atoms. The number of anilines is 1. The maximum absolute atomic E-state index is 12.0. The molecule has 2 N–H and O–H groups in total. The van der Waals surface area contributed by atoms with Crippen LogP contribution in [-0.2, 0) is 23.7 Å². The second kappa shape index (κ2) is 4.79. The minimum absolute atomic E-state index is 0.0969. The van der Waals surface area contributed by atoms with Gasteiger partial charge in [-0.1, -0.05) is 6.07 Å². The zero-order chi connectivity index (χ0) is 13.2. The molecule has 0 radical (unpaired) electrons. The van der Waals surface area contributed by atoms with Crippen molar-refractivity contribution < 1.29 is 13.5 Å². The van der Waals surface area contributed by atoms with Crippen LogP contribution in [0.1, 0.15) is 5.69 Å². The molecule has 0 aliphatic heterocycles. The molecule has 0 aliphatic carbocycles. The van der Waals surface area contributed by atoms with Gasteiger partial charge in [0.2, 0.25) is 0 Å². The van der Waals surface area contributed by atoms with Crippen molar-refractivity contribution in [3.63, 3.8) is 0 Å². The molecule has 2 heterocycles. The molecular weight excluding hydrogens is 254 g/mol. The smallest absolute Gasteiger partial charge is 0.264 e. The molecule has 0 spiro atoms. The van der Waals surface area contributed by atoms with Crippen LogP contribution in [0.2, 0.25) is 0 Å². The van der Waals surface area contributed by atoms with Gasteiger partial charge in [-0.15, -0.1) is 0 Å². The van der Waals surface area contributed by atoms with Gasteiger partial charge in [-0.05, 0) is 18.2 Å². The zero-order valence-electron chi connectivity index (χ0n) is 9.74. The van der Waals surface area contributed by atoms with Crippen molar-refractivity contribution in [2.45, 2.75) is 11.5 Å². The van der Waals surface area contributed by atoms with Gasteiger partial charge in [-0.2, -0.15) is 0 Å². The molecule has 96 valence electrons. The summed E-state index contributed by atoms with van der Waals surface area (Å²) in [4.78, 5) is 3.99. The monoisotopic (exact) mass is 267 g/mol. The predicted octanol–water partition coefficient (Wildman–Crippen LogP) is 0.713. The van der Waals surface area contributed by atoms with Gasteiger partial charge < -0.3 is 9.67 Å². The van der Waals surface area contributed by atoms with E-state index >= 15 is 0 Å². The van der Waals surface area contributed by atoms with E-state index in [4.69, 9.17) is 5.11 Å². The third-order valence-corrected chi connectivity index (χ3v) is 3.78. The van der Waals surface area contributed by atoms with Crippen molar-refractivity contribution in [1.29, 1.82) is 0 Å². The Morgan fingerprint density at radius 2 is 2.22 bits per heavy atom. The van der Waals surface area contributed by atoms with Gasteiger partial charge >= 0.3 is 0 Å². The van der Waals surface area contributed by atoms with E-state index in [1.165, 1.54) is 18.5 Å². The Bertz CT molecular complexity index is 635. The number of rotatable bonds is 4. The quantitative estimate of drug-likeness (QED) is 0.854. The number of hydrogen-bond acceptors (Lipinski definition) is 4. The highest BCUT2D eigenvalue weighted by atomic mass is 32.2. The number of aliphatic hydroxyl groups is 1. The van der Waals surface area contributed by atoms with Crippen molar-refractivity contribution in [2.24, 2.45) is 7.05 Å². The maximum Gasteiger partial charge on any atom is 0.264 e. The summed E-state index contributed by atoms with van der Waals surface area (Å²) in [5, 5.41) is 9.04. The molecule has 0 atom stereocenters. The van der Waals surface area contributed by atoms with Crippen molar-refractivity contribution in [3.05, 3.63) is 42.4 Å². The van der Waals surface area contributed by atoms with Gasteiger partial charge in [-0.25, -0.2) is 13.4 Å². The Labute approximate surface area is 105 Å². The van der Waals surface area contributed by atoms with Gasteiger partial charge in [0.05, 0.1) is 6.61 Å². The van der Waals surface area contributed by atoms with E-state index in [1.54, 1.807) is 29.8 Å². The van der Waals surface area contributed by atoms with E-state index in [0.29, 0.717) is 5.69 Å². The highest BCUT2D eigenvalue weighted by Gasteiger charge is 2.17. The van der Waals surface area contributed by atoms with Crippen LogP contribution in [0.4, 0.5) is 5.82 Å². The first-order valence-corrected chi connectivity index (χ1v) is 6.71. The van der Waals surface area contributed by atoms with Crippen molar-refractivity contribution >= 4 is 15.8 Å². The van der Waals surface area contributed by atoms with E-state index in [1.807, 2.05) is 0 Å². The molecule has 2 aromatic heterocycles. The molecule has 6 nitrogen and oxygen atoms in total. The van der Waals surface area contributed by atoms with Crippen LogP contribution in [0.25, 0.3) is 0 Å². The van der Waals surface area contributed by atoms with Crippen LogP contribution >= 0.6 is 0 Å². The van der Waals surface area contributed by atoms with E-state index in [-0.39, 0.29) is 17.3 Å². The highest BCUT2D eigenvalue weighted by Crippen LogP contribution is 2.16. The zero-order valence-corrected chi connectivity index (χ0v) is 10.6. The number of hydrogen-bond donors (Lipinski definition) is 2. The van der Waals surface area contributed by atoms with Gasteiger partial charge in [0.1, 0.15) is 10.7 Å². The van der Waals surface area contributed by atoms with Crippen molar-refractivity contribution in [2.75, 3.05) is 4.72 Å². The minimum Gasteiger partial charge on any atom is -0.390 e. The largest absolute Gasteiger partial charge is 0.390 e. The molecule has 0 fully saturated rings. The molecule has 0 bridgehead atoms. The number of sulfonamides is 1. The third-order valence-electron chi connectivity index (χ3n) is 2.46. The van der Waals surface area contributed by atoms with Crippen LogP contribution in [-0.4, -0.2) is 23.1 Å². The van der Waals surface area contributed by atoms with Crippen molar-refractivity contribution in [3.8, 4) is 0 Å². The van der Waals surface area contributed by atoms with E-state index < -0.39 is 10.0 Å². The Morgan fingerprint density at radius 1 is 1.44 bits per heavy atom. The molecular formula is C11H13N3O3S. The Morgan fingerprint density at radius 3 is 2.78 bits per heavy atom. The highest BCUT2D eigenvalue weighted by molar-refractivity contribution is 7.92. The molecule has 2 rings (SSSR count). The molecule has 0 unspecified atom stereocenters. The number of aryl methyl sites for hydroxylation is 1. The Hall–Kier alpha value is -1.86. The summed E-state index contributed by atoms with van der Waals surface area (Å²) >= 11 is 0. The second-order valence-corrected chi connectivity index (χ2v) is 5.44. The van der Waals surface area contributed by atoms with Gasteiger partial charge in [0.25, 0.3) is 10.0 Å². The van der Waals surface area contributed by atoms with Crippen molar-refractivity contribution in [1.82, 2.24) is 9.55 Å². The van der Waals surface area contributed by atoms with Crippen LogP contribution in [0.3, 0.4) is 0 Å². The summed E-state index contributed by atoms with van der Waals surface area (Å²) in [7, 11) is -2.00. The number of nitrogens with one attached hydrogen (secondary N) is 1. The maximum atomic E-state index is 12.0. The first kappa shape index (κ1) is 12.6. The molecule has 0 amide bonds. The van der Waals surface area contributed by atoms with Gasteiger partial charge in [0.15, 0.2) is 0 Å². The lowest BCUT2D eigenvalue weighted by molar-refractivity contribution is 0.272. The molecule has 7 heteroatoms. The molecule has 0 saturated heterocycles. The summed E-state index contributed by atoms with van der Waals surface area (Å²) in [6.45, 7) is -0.213. The lowest BCUT2D eigenvalue weighted by atomic mass is 10.5. The number of pyridine rings is 1. The summed E-state index contributed by atoms with van der Waals surface area (Å²) in [6, 6.07) is 6.37. The van der Waals surface area contributed by atoms with Gasteiger partial charge in [-0.3, -0.25) is 4.72 Å². The minimum atomic E-state index is -3.67. The lowest BCUT2D eigenvalue weighted by Gasteiger charge is -2.04. The molecule has 2 aromatic rings. The fourth-order valence-electron chi connectivity index (χ4n) is 1.50. The SMILES string of the molecule is Cn1cc(S(=O)(=O)Nc2ccccn2)cc1CO. The summed E-state index contributed by atoms with van der Waals surface area (Å²) in [5.41, 5.74) is 0.524. The fraction of sp³-hybridized carbons (Fsp3) is 0.182. The van der Waals surface area contributed by atoms with Crippen LogP contribution in [0, 0.1) is 0 Å². The first-order valence-electron chi connectivity index (χ1n) is 5.23. The lowest BCUT2D eigenvalue weighted by Crippen LogP contribution is -2.13. The standard InChI is InChI=1S/C11H13N3O3S/c1-14-7-10(6-9(14)8-15)18(16,17)13-11-4-2-3-5-12-11/h2-7,15H,8H2,1H3,(H,12,13). The third kappa shape index (κ3) is 2.52. The normalized spacial score (nSPS) is 11.4. The average molecular weight is 267 g/mol. The summed E-state index contributed by atoms with van der Waals surface area (Å²) < 4.78 is 28.0. The van der Waals surface area contributed by atoms with E-state index in [0.717, 1.165) is 0 Å². The van der Waals surface area contributed by atoms with Crippen LogP contribution in [0.5, 0.6) is 0 Å². The Kier molecular flexibility index (Phi) is 3.35. The average Bonchev–Trinajstić information content (AvgIpc) is 2.72. The first-order chi connectivity index (χ1) is 8.53. The number of nitrogens with zero attached hydrogens (tertiary/aromatic N) is 2. The fourth-order valence-corrected chi connectivity index (χ4v) is 2.60. The summed E-state index contributed by atoms with van der Waals surface area (Å²) in [6.07, 6.45) is 2.94. The topological polar surface area (TPSA) is 84.2 Å². The van der Waals surface area contributed by atoms with E-state index in [2.05, 4.69) is 9.71 Å². The second-order valence-electron chi connectivity index (χ2n) is 3.76. The van der Waals surface area contributed by atoms with Crippen LogP contribution < -0.4 is 4.72 Å². The molecule has 0 aliphatic rings. The molecule has 0 saturated carbocycles. The van der Waals surface area contributed by atoms with Crippen LogP contribution in [0.15, 0.2) is 41.6 Å². The Balaban J connectivity index is 2.31. The van der Waals surface area contributed by atoms with Gasteiger partial charge in [0, 0.05) is 25.1 Å². The molecule has 0 aromatic carbocycles. The summed E-state index contributed by atoms with van der Waals surface area (Å²) in [5.74, 6) is 0.256.